The van der Waals surface area contributed by atoms with Gasteiger partial charge >= 0.3 is 0 Å². The lowest BCUT2D eigenvalue weighted by molar-refractivity contribution is -0.212. The highest BCUT2D eigenvalue weighted by molar-refractivity contribution is 6.37. The Morgan fingerprint density at radius 1 is 1.20 bits per heavy atom. The molecule has 7 heteroatoms. The van der Waals surface area contributed by atoms with Gasteiger partial charge in [0.25, 0.3) is 0 Å². The number of methoxy groups -OCH3 is 1. The fourth-order valence-corrected chi connectivity index (χ4v) is 5.41. The largest absolute Gasteiger partial charge is 0.493 e. The van der Waals surface area contributed by atoms with Crippen molar-refractivity contribution in [1.29, 1.82) is 0 Å². The van der Waals surface area contributed by atoms with E-state index in [1.807, 2.05) is 24.3 Å². The van der Waals surface area contributed by atoms with E-state index in [0.29, 0.717) is 23.1 Å². The van der Waals surface area contributed by atoms with Gasteiger partial charge in [-0.3, -0.25) is 0 Å². The second-order valence-corrected chi connectivity index (χ2v) is 9.54. The van der Waals surface area contributed by atoms with E-state index >= 15 is 0 Å². The van der Waals surface area contributed by atoms with E-state index in [9.17, 15) is 0 Å². The summed E-state index contributed by atoms with van der Waals surface area (Å²) >= 11 is 12.6. The predicted molar refractivity (Wildman–Crippen MR) is 118 cm³/mol. The van der Waals surface area contributed by atoms with Crippen molar-refractivity contribution in [2.24, 2.45) is 5.10 Å². The van der Waals surface area contributed by atoms with Crippen molar-refractivity contribution in [1.82, 2.24) is 5.01 Å². The molecule has 1 saturated heterocycles. The van der Waals surface area contributed by atoms with Gasteiger partial charge in [0.2, 0.25) is 5.72 Å². The van der Waals surface area contributed by atoms with Crippen molar-refractivity contribution < 1.29 is 14.2 Å². The number of para-hydroxylation sites is 1. The second-order valence-electron chi connectivity index (χ2n) is 8.70. The molecule has 158 valence electrons. The first-order valence-electron chi connectivity index (χ1n) is 10.1. The molecule has 3 aliphatic heterocycles. The van der Waals surface area contributed by atoms with Gasteiger partial charge in [0.15, 0.2) is 11.5 Å². The zero-order chi connectivity index (χ0) is 21.1. The lowest BCUT2D eigenvalue weighted by Gasteiger charge is -2.52. The zero-order valence-electron chi connectivity index (χ0n) is 17.2. The monoisotopic (exact) mass is 446 g/mol. The standard InChI is InChI=1S/C23H24Cl2N2O3/c1-22(2)13-23(9-10-29-22)27-19(16-5-4-6-20(28-3)21(16)30-23)12-18(26-27)15-8-7-14(24)11-17(15)25/h4-8,11,19H,9-10,12-13H2,1-3H3/t19-,23-/m0/s1. The number of hydrazone groups is 1. The van der Waals surface area contributed by atoms with E-state index in [0.717, 1.165) is 41.2 Å². The van der Waals surface area contributed by atoms with Gasteiger partial charge in [-0.2, -0.15) is 5.10 Å². The molecule has 0 aliphatic carbocycles. The topological polar surface area (TPSA) is 43.3 Å². The summed E-state index contributed by atoms with van der Waals surface area (Å²) in [5.41, 5.74) is 1.99. The summed E-state index contributed by atoms with van der Waals surface area (Å²) in [6, 6.07) is 11.6. The fraction of sp³-hybridized carbons (Fsp3) is 0.435. The summed E-state index contributed by atoms with van der Waals surface area (Å²) in [6.45, 7) is 4.80. The van der Waals surface area contributed by atoms with Gasteiger partial charge in [-0.25, -0.2) is 5.01 Å². The van der Waals surface area contributed by atoms with Crippen molar-refractivity contribution in [3.63, 3.8) is 0 Å². The molecule has 5 rings (SSSR count). The third-order valence-corrected chi connectivity index (χ3v) is 6.69. The number of fused-ring (bicyclic) bond motifs is 4. The van der Waals surface area contributed by atoms with Crippen LogP contribution in [0.1, 0.15) is 50.3 Å². The predicted octanol–water partition coefficient (Wildman–Crippen LogP) is 5.83. The zero-order valence-corrected chi connectivity index (χ0v) is 18.8. The minimum atomic E-state index is -0.602. The Morgan fingerprint density at radius 3 is 2.77 bits per heavy atom. The van der Waals surface area contributed by atoms with E-state index in [2.05, 4.69) is 24.9 Å². The van der Waals surface area contributed by atoms with Crippen LogP contribution in [0.25, 0.3) is 0 Å². The Labute approximate surface area is 186 Å². The smallest absolute Gasteiger partial charge is 0.203 e. The molecule has 0 aromatic heterocycles. The Hall–Kier alpha value is -1.95. The molecule has 3 heterocycles. The third kappa shape index (κ3) is 3.15. The summed E-state index contributed by atoms with van der Waals surface area (Å²) in [5.74, 6) is 1.55. The highest BCUT2D eigenvalue weighted by atomic mass is 35.5. The molecule has 5 nitrogen and oxygen atoms in total. The number of benzene rings is 2. The molecular formula is C23H24Cl2N2O3. The molecule has 0 unspecified atom stereocenters. The maximum atomic E-state index is 6.73. The molecule has 1 spiro atoms. The van der Waals surface area contributed by atoms with Crippen LogP contribution in [0.2, 0.25) is 10.0 Å². The Kier molecular flexibility index (Phi) is 4.69. The average Bonchev–Trinajstić information content (AvgIpc) is 3.13. The maximum absolute atomic E-state index is 6.73. The van der Waals surface area contributed by atoms with Gasteiger partial charge in [0.1, 0.15) is 0 Å². The highest BCUT2D eigenvalue weighted by Crippen LogP contribution is 2.54. The van der Waals surface area contributed by atoms with Crippen molar-refractivity contribution in [3.8, 4) is 11.5 Å². The summed E-state index contributed by atoms with van der Waals surface area (Å²) in [6.07, 6.45) is 2.14. The van der Waals surface area contributed by atoms with Crippen molar-refractivity contribution in [2.75, 3.05) is 13.7 Å². The normalized spacial score (nSPS) is 26.6. The molecule has 0 radical (unpaired) electrons. The van der Waals surface area contributed by atoms with Gasteiger partial charge in [0, 0.05) is 35.4 Å². The number of ether oxygens (including phenoxy) is 3. The number of rotatable bonds is 2. The van der Waals surface area contributed by atoms with Gasteiger partial charge in [-0.15, -0.1) is 0 Å². The lowest BCUT2D eigenvalue weighted by Crippen LogP contribution is -2.60. The molecule has 2 atom stereocenters. The van der Waals surface area contributed by atoms with Crippen LogP contribution in [0.15, 0.2) is 41.5 Å². The molecule has 2 aromatic carbocycles. The minimum Gasteiger partial charge on any atom is -0.493 e. The number of halogens is 2. The Balaban J connectivity index is 1.64. The Morgan fingerprint density at radius 2 is 2.03 bits per heavy atom. The van der Waals surface area contributed by atoms with Crippen molar-refractivity contribution in [3.05, 3.63) is 57.6 Å². The van der Waals surface area contributed by atoms with E-state index in [4.69, 9.17) is 42.5 Å². The molecule has 0 bridgehead atoms. The van der Waals surface area contributed by atoms with E-state index in [-0.39, 0.29) is 11.6 Å². The average molecular weight is 447 g/mol. The number of nitrogens with zero attached hydrogens (tertiary/aromatic N) is 2. The van der Waals surface area contributed by atoms with Gasteiger partial charge in [-0.1, -0.05) is 41.4 Å². The van der Waals surface area contributed by atoms with Gasteiger partial charge in [-0.05, 0) is 32.0 Å². The first-order chi connectivity index (χ1) is 14.3. The Bertz CT molecular complexity index is 1040. The summed E-state index contributed by atoms with van der Waals surface area (Å²) in [5, 5.41) is 8.42. The van der Waals surface area contributed by atoms with Crippen LogP contribution < -0.4 is 9.47 Å². The van der Waals surface area contributed by atoms with Crippen LogP contribution in [0, 0.1) is 0 Å². The minimum absolute atomic E-state index is 0.0412. The van der Waals surface area contributed by atoms with Crippen molar-refractivity contribution in [2.45, 2.75) is 50.5 Å². The summed E-state index contributed by atoms with van der Waals surface area (Å²) in [4.78, 5) is 0. The van der Waals surface area contributed by atoms with Crippen molar-refractivity contribution >= 4 is 28.9 Å². The molecule has 2 aromatic rings. The maximum Gasteiger partial charge on any atom is 0.203 e. The second kappa shape index (κ2) is 7.04. The quantitative estimate of drug-likeness (QED) is 0.581. The highest BCUT2D eigenvalue weighted by Gasteiger charge is 2.55. The van der Waals surface area contributed by atoms with Crippen LogP contribution in [-0.4, -0.2) is 35.8 Å². The van der Waals surface area contributed by atoms with Gasteiger partial charge < -0.3 is 14.2 Å². The number of hydrogen-bond acceptors (Lipinski definition) is 5. The molecule has 30 heavy (non-hydrogen) atoms. The van der Waals surface area contributed by atoms with E-state index in [1.54, 1.807) is 13.2 Å². The first kappa shape index (κ1) is 20.0. The lowest BCUT2D eigenvalue weighted by atomic mass is 9.86. The summed E-state index contributed by atoms with van der Waals surface area (Å²) < 4.78 is 18.4. The molecule has 0 amide bonds. The molecule has 0 saturated carbocycles. The van der Waals surface area contributed by atoms with E-state index < -0.39 is 5.72 Å². The van der Waals surface area contributed by atoms with E-state index in [1.165, 1.54) is 0 Å². The molecule has 3 aliphatic rings. The number of hydrogen-bond donors (Lipinski definition) is 0. The third-order valence-electron chi connectivity index (χ3n) is 6.14. The van der Waals surface area contributed by atoms with Gasteiger partial charge in [0.05, 0.1) is 36.1 Å². The van der Waals surface area contributed by atoms with Crippen LogP contribution in [0.5, 0.6) is 11.5 Å². The van der Waals surface area contributed by atoms with Crippen LogP contribution in [-0.2, 0) is 4.74 Å². The molecular weight excluding hydrogens is 423 g/mol. The fourth-order valence-electron chi connectivity index (χ4n) is 4.89. The first-order valence-corrected chi connectivity index (χ1v) is 10.9. The van der Waals surface area contributed by atoms with Crippen LogP contribution in [0.4, 0.5) is 0 Å². The molecule has 1 fully saturated rings. The SMILES string of the molecule is COc1cccc2c1O[C@]1(CCOC(C)(C)C1)N1N=C(c3ccc(Cl)cc3Cl)C[C@@H]21. The van der Waals surface area contributed by atoms with Crippen LogP contribution >= 0.6 is 23.2 Å². The summed E-state index contributed by atoms with van der Waals surface area (Å²) in [7, 11) is 1.68. The van der Waals surface area contributed by atoms with Crippen LogP contribution in [0.3, 0.4) is 0 Å². The molecule has 0 N–H and O–H groups in total.